The lowest BCUT2D eigenvalue weighted by atomic mass is 10.2. The second-order valence-corrected chi connectivity index (χ2v) is 6.04. The molecule has 5 nitrogen and oxygen atoms in total. The second-order valence-electron chi connectivity index (χ2n) is 5.03. The molecule has 0 aromatic heterocycles. The maximum Gasteiger partial charge on any atom is 0.573 e. The fraction of sp³-hybridized carbons (Fsp3) is 0.333. The number of alkyl halides is 3. The molecule has 0 N–H and O–H groups in total. The molecule has 0 unspecified atom stereocenters. The first-order valence-corrected chi connectivity index (χ1v) is 7.93. The highest BCUT2D eigenvalue weighted by atomic mass is 32.2. The third-order valence-electron chi connectivity index (χ3n) is 3.30. The van der Waals surface area contributed by atoms with Crippen molar-refractivity contribution < 1.29 is 27.4 Å². The SMILES string of the molecule is O=C1N=C(N2CCOCC2)S/C1=C/c1ccc(OC(F)(F)F)cc1. The van der Waals surface area contributed by atoms with Gasteiger partial charge in [0.1, 0.15) is 5.75 Å². The molecule has 0 aliphatic carbocycles. The van der Waals surface area contributed by atoms with Gasteiger partial charge in [0.25, 0.3) is 5.91 Å². The molecule has 9 heteroatoms. The quantitative estimate of drug-likeness (QED) is 0.761. The van der Waals surface area contributed by atoms with Gasteiger partial charge < -0.3 is 14.4 Å². The second kappa shape index (κ2) is 6.86. The van der Waals surface area contributed by atoms with E-state index in [1.165, 1.54) is 36.0 Å². The maximum atomic E-state index is 12.1. The van der Waals surface area contributed by atoms with Crippen LogP contribution < -0.4 is 4.74 Å². The third-order valence-corrected chi connectivity index (χ3v) is 4.35. The molecule has 2 aliphatic heterocycles. The molecule has 0 radical (unpaired) electrons. The summed E-state index contributed by atoms with van der Waals surface area (Å²) in [4.78, 5) is 18.4. The number of amides is 1. The lowest BCUT2D eigenvalue weighted by molar-refractivity contribution is -0.274. The van der Waals surface area contributed by atoms with Crippen LogP contribution in [0.15, 0.2) is 34.2 Å². The van der Waals surface area contributed by atoms with Gasteiger partial charge in [0, 0.05) is 13.1 Å². The Bertz CT molecular complexity index is 680. The summed E-state index contributed by atoms with van der Waals surface area (Å²) in [5.41, 5.74) is 0.596. The van der Waals surface area contributed by atoms with Crippen LogP contribution in [0.4, 0.5) is 13.2 Å². The van der Waals surface area contributed by atoms with Crippen LogP contribution in [0.3, 0.4) is 0 Å². The van der Waals surface area contributed by atoms with E-state index in [9.17, 15) is 18.0 Å². The molecular weight excluding hydrogens is 345 g/mol. The van der Waals surface area contributed by atoms with Gasteiger partial charge in [-0.3, -0.25) is 4.79 Å². The maximum absolute atomic E-state index is 12.1. The van der Waals surface area contributed by atoms with E-state index in [1.807, 2.05) is 4.90 Å². The van der Waals surface area contributed by atoms with Crippen LogP contribution in [-0.4, -0.2) is 48.6 Å². The number of carbonyl (C=O) groups excluding carboxylic acids is 1. The van der Waals surface area contributed by atoms with E-state index in [2.05, 4.69) is 9.73 Å². The molecule has 1 amide bonds. The molecule has 1 saturated heterocycles. The average molecular weight is 358 g/mol. The van der Waals surface area contributed by atoms with Gasteiger partial charge in [-0.1, -0.05) is 12.1 Å². The van der Waals surface area contributed by atoms with Crippen molar-refractivity contribution in [3.8, 4) is 5.75 Å². The third kappa shape index (κ3) is 4.30. The fourth-order valence-corrected chi connectivity index (χ4v) is 3.17. The summed E-state index contributed by atoms with van der Waals surface area (Å²) in [6.07, 6.45) is -3.13. The lowest BCUT2D eigenvalue weighted by Crippen LogP contribution is -2.38. The number of thioether (sulfide) groups is 1. The summed E-state index contributed by atoms with van der Waals surface area (Å²) in [6, 6.07) is 5.31. The van der Waals surface area contributed by atoms with E-state index in [-0.39, 0.29) is 11.7 Å². The number of carbonyl (C=O) groups is 1. The molecule has 2 heterocycles. The van der Waals surface area contributed by atoms with E-state index >= 15 is 0 Å². The van der Waals surface area contributed by atoms with Crippen LogP contribution in [0.25, 0.3) is 6.08 Å². The number of halogens is 3. The number of ether oxygens (including phenoxy) is 2. The van der Waals surface area contributed by atoms with E-state index in [4.69, 9.17) is 4.74 Å². The minimum absolute atomic E-state index is 0.305. The van der Waals surface area contributed by atoms with Gasteiger partial charge in [-0.25, -0.2) is 0 Å². The molecule has 1 aromatic rings. The Kier molecular flexibility index (Phi) is 4.81. The van der Waals surface area contributed by atoms with Crippen molar-refractivity contribution in [3.63, 3.8) is 0 Å². The highest BCUT2D eigenvalue weighted by Crippen LogP contribution is 2.31. The predicted octanol–water partition coefficient (Wildman–Crippen LogP) is 2.89. The summed E-state index contributed by atoms with van der Waals surface area (Å²) in [6.45, 7) is 2.53. The molecular formula is C15H13F3N2O3S. The summed E-state index contributed by atoms with van der Waals surface area (Å²) >= 11 is 1.26. The Balaban J connectivity index is 1.67. The van der Waals surface area contributed by atoms with Crippen LogP contribution in [-0.2, 0) is 9.53 Å². The zero-order chi connectivity index (χ0) is 17.2. The Morgan fingerprint density at radius 2 is 1.88 bits per heavy atom. The molecule has 3 rings (SSSR count). The first kappa shape index (κ1) is 16.8. The number of nitrogens with zero attached hydrogens (tertiary/aromatic N) is 2. The number of rotatable bonds is 2. The lowest BCUT2D eigenvalue weighted by Gasteiger charge is -2.27. The molecule has 0 saturated carbocycles. The molecule has 1 aromatic carbocycles. The summed E-state index contributed by atoms with van der Waals surface area (Å²) < 4.78 is 45.5. The van der Waals surface area contributed by atoms with Crippen LogP contribution >= 0.6 is 11.8 Å². The highest BCUT2D eigenvalue weighted by Gasteiger charge is 2.31. The summed E-state index contributed by atoms with van der Waals surface area (Å²) in [5.74, 6) is -0.655. The zero-order valence-corrected chi connectivity index (χ0v) is 13.2. The zero-order valence-electron chi connectivity index (χ0n) is 12.4. The highest BCUT2D eigenvalue weighted by molar-refractivity contribution is 8.18. The molecule has 1 fully saturated rings. The minimum Gasteiger partial charge on any atom is -0.406 e. The molecule has 0 spiro atoms. The van der Waals surface area contributed by atoms with Gasteiger partial charge in [0.2, 0.25) is 0 Å². The Morgan fingerprint density at radius 1 is 1.21 bits per heavy atom. The number of morpholine rings is 1. The summed E-state index contributed by atoms with van der Waals surface area (Å²) in [7, 11) is 0. The van der Waals surface area contributed by atoms with Gasteiger partial charge in [-0.15, -0.1) is 13.2 Å². The molecule has 0 atom stereocenters. The Morgan fingerprint density at radius 3 is 2.50 bits per heavy atom. The molecule has 0 bridgehead atoms. The largest absolute Gasteiger partial charge is 0.573 e. The van der Waals surface area contributed by atoms with Gasteiger partial charge in [-0.05, 0) is 35.5 Å². The molecule has 24 heavy (non-hydrogen) atoms. The summed E-state index contributed by atoms with van der Waals surface area (Å²) in [5, 5.41) is 0.631. The minimum atomic E-state index is -4.72. The number of hydrogen-bond donors (Lipinski definition) is 0. The van der Waals surface area contributed by atoms with Crippen molar-refractivity contribution in [2.75, 3.05) is 26.3 Å². The van der Waals surface area contributed by atoms with Gasteiger partial charge >= 0.3 is 6.36 Å². The average Bonchev–Trinajstić information content (AvgIpc) is 2.90. The van der Waals surface area contributed by atoms with E-state index in [1.54, 1.807) is 6.08 Å². The predicted molar refractivity (Wildman–Crippen MR) is 83.5 cm³/mol. The van der Waals surface area contributed by atoms with E-state index in [0.717, 1.165) is 0 Å². The number of aliphatic imine (C=N–C) groups is 1. The number of hydrogen-bond acceptors (Lipinski definition) is 5. The van der Waals surface area contributed by atoms with Crippen molar-refractivity contribution >= 4 is 28.9 Å². The smallest absolute Gasteiger partial charge is 0.406 e. The van der Waals surface area contributed by atoms with Crippen LogP contribution in [0.1, 0.15) is 5.56 Å². The fourth-order valence-electron chi connectivity index (χ4n) is 2.20. The van der Waals surface area contributed by atoms with Crippen molar-refractivity contribution in [2.45, 2.75) is 6.36 Å². The van der Waals surface area contributed by atoms with Crippen LogP contribution in [0, 0.1) is 0 Å². The van der Waals surface area contributed by atoms with Gasteiger partial charge in [0.15, 0.2) is 5.17 Å². The molecule has 2 aliphatic rings. The Labute approximate surface area is 140 Å². The first-order valence-electron chi connectivity index (χ1n) is 7.12. The topological polar surface area (TPSA) is 51.1 Å². The van der Waals surface area contributed by atoms with Gasteiger partial charge in [0.05, 0.1) is 18.1 Å². The Hall–Kier alpha value is -2.00. The monoisotopic (exact) mass is 358 g/mol. The van der Waals surface area contributed by atoms with Gasteiger partial charge in [-0.2, -0.15) is 4.99 Å². The van der Waals surface area contributed by atoms with Crippen LogP contribution in [0.5, 0.6) is 5.75 Å². The van der Waals surface area contributed by atoms with Crippen molar-refractivity contribution in [1.29, 1.82) is 0 Å². The van der Waals surface area contributed by atoms with Crippen molar-refractivity contribution in [2.24, 2.45) is 4.99 Å². The first-order chi connectivity index (χ1) is 11.4. The van der Waals surface area contributed by atoms with Crippen LogP contribution in [0.2, 0.25) is 0 Å². The van der Waals surface area contributed by atoms with Crippen molar-refractivity contribution in [3.05, 3.63) is 34.7 Å². The number of benzene rings is 1. The number of amidine groups is 1. The normalized spacial score (nSPS) is 20.5. The molecule has 128 valence electrons. The standard InChI is InChI=1S/C15H13F3N2O3S/c16-15(17,18)23-11-3-1-10(2-4-11)9-12-13(21)19-14(24-12)20-5-7-22-8-6-20/h1-4,9H,5-8H2/b12-9+. The van der Waals surface area contributed by atoms with E-state index in [0.29, 0.717) is 41.9 Å². The van der Waals surface area contributed by atoms with Crippen molar-refractivity contribution in [1.82, 2.24) is 4.90 Å². The van der Waals surface area contributed by atoms with E-state index < -0.39 is 6.36 Å².